The lowest BCUT2D eigenvalue weighted by atomic mass is 10.1. The Bertz CT molecular complexity index is 957. The van der Waals surface area contributed by atoms with E-state index in [1.807, 2.05) is 18.2 Å². The maximum absolute atomic E-state index is 13.0. The van der Waals surface area contributed by atoms with Crippen molar-refractivity contribution in [2.24, 2.45) is 0 Å². The number of carbonyl (C=O) groups is 1. The van der Waals surface area contributed by atoms with Crippen LogP contribution in [0.25, 0.3) is 0 Å². The summed E-state index contributed by atoms with van der Waals surface area (Å²) in [6.45, 7) is 0.314. The molecule has 1 N–H and O–H groups in total. The largest absolute Gasteiger partial charge is 0.497 e. The van der Waals surface area contributed by atoms with Gasteiger partial charge in [0.05, 0.1) is 19.8 Å². The molecule has 0 fully saturated rings. The van der Waals surface area contributed by atoms with Crippen LogP contribution in [-0.4, -0.2) is 20.1 Å². The lowest BCUT2D eigenvalue weighted by Crippen LogP contribution is -2.23. The quantitative estimate of drug-likeness (QED) is 0.652. The molecule has 0 unspecified atom stereocenters. The molecule has 0 aromatic heterocycles. The third-order valence-corrected chi connectivity index (χ3v) is 4.05. The predicted octanol–water partition coefficient (Wildman–Crippen LogP) is 4.57. The molecule has 0 saturated heterocycles. The summed E-state index contributed by atoms with van der Waals surface area (Å²) in [5, 5.41) is 2.86. The molecule has 28 heavy (non-hydrogen) atoms. The number of benzene rings is 3. The number of methoxy groups -OCH3 is 2. The number of halogens is 1. The maximum atomic E-state index is 13.0. The summed E-state index contributed by atoms with van der Waals surface area (Å²) in [6.07, 6.45) is 0. The van der Waals surface area contributed by atoms with Gasteiger partial charge in [0.1, 0.15) is 28.8 Å². The normalized spacial score (nSPS) is 10.2. The van der Waals surface area contributed by atoms with Gasteiger partial charge >= 0.3 is 0 Å². The molecule has 0 atom stereocenters. The predicted molar refractivity (Wildman–Crippen MR) is 104 cm³/mol. The Kier molecular flexibility index (Phi) is 6.11. The van der Waals surface area contributed by atoms with Crippen LogP contribution < -0.4 is 19.5 Å². The van der Waals surface area contributed by atoms with Gasteiger partial charge in [-0.15, -0.1) is 0 Å². The zero-order chi connectivity index (χ0) is 19.9. The molecule has 3 aromatic carbocycles. The Morgan fingerprint density at radius 3 is 2.36 bits per heavy atom. The molecule has 0 aliphatic carbocycles. The fourth-order valence-electron chi connectivity index (χ4n) is 2.62. The van der Waals surface area contributed by atoms with E-state index in [1.54, 1.807) is 43.5 Å². The summed E-state index contributed by atoms with van der Waals surface area (Å²) >= 11 is 0. The van der Waals surface area contributed by atoms with Gasteiger partial charge in [0.15, 0.2) is 0 Å². The smallest absolute Gasteiger partial charge is 0.255 e. The van der Waals surface area contributed by atoms with Crippen LogP contribution in [0.3, 0.4) is 0 Å². The standard InChI is InChI=1S/C22H20FNO4/c1-26-18-10-11-20(21(13-18)27-2)22(25)24-14-15-4-3-5-19(12-15)28-17-8-6-16(23)7-9-17/h3-13H,14H2,1-2H3,(H,24,25). The number of amides is 1. The Labute approximate surface area is 162 Å². The van der Waals surface area contributed by atoms with E-state index in [4.69, 9.17) is 14.2 Å². The van der Waals surface area contributed by atoms with Crippen molar-refractivity contribution in [2.75, 3.05) is 14.2 Å². The molecule has 3 aromatic rings. The molecular weight excluding hydrogens is 361 g/mol. The molecule has 144 valence electrons. The fourth-order valence-corrected chi connectivity index (χ4v) is 2.62. The van der Waals surface area contributed by atoms with Crippen molar-refractivity contribution in [3.8, 4) is 23.0 Å². The first-order valence-electron chi connectivity index (χ1n) is 8.61. The minimum absolute atomic E-state index is 0.260. The summed E-state index contributed by atoms with van der Waals surface area (Å²) in [7, 11) is 3.05. The Morgan fingerprint density at radius 2 is 1.64 bits per heavy atom. The molecular formula is C22H20FNO4. The van der Waals surface area contributed by atoms with E-state index in [0.717, 1.165) is 5.56 Å². The van der Waals surface area contributed by atoms with Gasteiger partial charge in [-0.3, -0.25) is 4.79 Å². The molecule has 0 heterocycles. The van der Waals surface area contributed by atoms with Crippen LogP contribution in [0, 0.1) is 5.82 Å². The lowest BCUT2D eigenvalue weighted by molar-refractivity contribution is 0.0947. The molecule has 0 spiro atoms. The van der Waals surface area contributed by atoms with Gasteiger partial charge in [0.2, 0.25) is 0 Å². The van der Waals surface area contributed by atoms with E-state index in [-0.39, 0.29) is 11.7 Å². The zero-order valence-electron chi connectivity index (χ0n) is 15.6. The number of carbonyl (C=O) groups excluding carboxylic acids is 1. The van der Waals surface area contributed by atoms with Crippen molar-refractivity contribution >= 4 is 5.91 Å². The van der Waals surface area contributed by atoms with E-state index in [2.05, 4.69) is 5.32 Å². The monoisotopic (exact) mass is 381 g/mol. The van der Waals surface area contributed by atoms with Gasteiger partial charge < -0.3 is 19.5 Å². The van der Waals surface area contributed by atoms with Gasteiger partial charge in [-0.25, -0.2) is 4.39 Å². The number of ether oxygens (including phenoxy) is 3. The summed E-state index contributed by atoms with van der Waals surface area (Å²) in [4.78, 5) is 12.5. The Hall–Kier alpha value is -3.54. The highest BCUT2D eigenvalue weighted by Crippen LogP contribution is 2.25. The highest BCUT2D eigenvalue weighted by Gasteiger charge is 2.13. The Balaban J connectivity index is 1.66. The first-order chi connectivity index (χ1) is 13.6. The van der Waals surface area contributed by atoms with Gasteiger partial charge in [-0.1, -0.05) is 12.1 Å². The zero-order valence-corrected chi connectivity index (χ0v) is 15.6. The van der Waals surface area contributed by atoms with Gasteiger partial charge in [0, 0.05) is 12.6 Å². The molecule has 6 heteroatoms. The fraction of sp³-hybridized carbons (Fsp3) is 0.136. The lowest BCUT2D eigenvalue weighted by Gasteiger charge is -2.11. The highest BCUT2D eigenvalue weighted by molar-refractivity contribution is 5.97. The highest BCUT2D eigenvalue weighted by atomic mass is 19.1. The third-order valence-electron chi connectivity index (χ3n) is 4.05. The van der Waals surface area contributed by atoms with Crippen LogP contribution in [0.5, 0.6) is 23.0 Å². The molecule has 3 rings (SSSR count). The Morgan fingerprint density at radius 1 is 0.893 bits per heavy atom. The number of nitrogens with one attached hydrogen (secondary N) is 1. The first kappa shape index (κ1) is 19.2. The molecule has 0 aliphatic rings. The second kappa shape index (κ2) is 8.90. The minimum Gasteiger partial charge on any atom is -0.497 e. The van der Waals surface area contributed by atoms with Crippen LogP contribution >= 0.6 is 0 Å². The van der Waals surface area contributed by atoms with E-state index in [9.17, 15) is 9.18 Å². The SMILES string of the molecule is COc1ccc(C(=O)NCc2cccc(Oc3ccc(F)cc3)c2)c(OC)c1. The summed E-state index contributed by atoms with van der Waals surface area (Å²) in [5.74, 6) is 1.59. The second-order valence-electron chi connectivity index (χ2n) is 5.95. The molecule has 0 radical (unpaired) electrons. The average Bonchev–Trinajstić information content (AvgIpc) is 2.73. The summed E-state index contributed by atoms with van der Waals surface area (Å²) in [5.41, 5.74) is 1.28. The summed E-state index contributed by atoms with van der Waals surface area (Å²) < 4.78 is 29.1. The number of rotatable bonds is 7. The molecule has 0 aliphatic heterocycles. The van der Waals surface area contributed by atoms with E-state index in [1.165, 1.54) is 19.2 Å². The van der Waals surface area contributed by atoms with Gasteiger partial charge in [-0.05, 0) is 54.1 Å². The maximum Gasteiger partial charge on any atom is 0.255 e. The van der Waals surface area contributed by atoms with Crippen molar-refractivity contribution < 1.29 is 23.4 Å². The van der Waals surface area contributed by atoms with Crippen LogP contribution in [0.4, 0.5) is 4.39 Å². The van der Waals surface area contributed by atoms with Crippen LogP contribution in [0.15, 0.2) is 66.7 Å². The van der Waals surface area contributed by atoms with Crippen molar-refractivity contribution in [2.45, 2.75) is 6.54 Å². The average molecular weight is 381 g/mol. The van der Waals surface area contributed by atoms with Crippen molar-refractivity contribution in [1.29, 1.82) is 0 Å². The topological polar surface area (TPSA) is 56.8 Å². The minimum atomic E-state index is -0.322. The first-order valence-corrected chi connectivity index (χ1v) is 8.61. The molecule has 0 saturated carbocycles. The van der Waals surface area contributed by atoms with E-state index in [0.29, 0.717) is 35.1 Å². The van der Waals surface area contributed by atoms with Crippen molar-refractivity contribution in [3.05, 3.63) is 83.7 Å². The molecule has 5 nitrogen and oxygen atoms in total. The van der Waals surface area contributed by atoms with Gasteiger partial charge in [0.25, 0.3) is 5.91 Å². The molecule has 0 bridgehead atoms. The van der Waals surface area contributed by atoms with E-state index < -0.39 is 0 Å². The second-order valence-corrected chi connectivity index (χ2v) is 5.95. The van der Waals surface area contributed by atoms with Crippen molar-refractivity contribution in [1.82, 2.24) is 5.32 Å². The van der Waals surface area contributed by atoms with Crippen molar-refractivity contribution in [3.63, 3.8) is 0 Å². The van der Waals surface area contributed by atoms with Crippen LogP contribution in [0.2, 0.25) is 0 Å². The number of hydrogen-bond acceptors (Lipinski definition) is 4. The van der Waals surface area contributed by atoms with E-state index >= 15 is 0 Å². The van der Waals surface area contributed by atoms with Crippen LogP contribution in [-0.2, 0) is 6.54 Å². The number of hydrogen-bond donors (Lipinski definition) is 1. The molecule has 1 amide bonds. The third kappa shape index (κ3) is 4.79. The summed E-state index contributed by atoms with van der Waals surface area (Å²) in [6, 6.07) is 18.1. The van der Waals surface area contributed by atoms with Crippen LogP contribution in [0.1, 0.15) is 15.9 Å². The van der Waals surface area contributed by atoms with Gasteiger partial charge in [-0.2, -0.15) is 0 Å².